The second kappa shape index (κ2) is 4.04. The molecular formula is C8H10INO. The van der Waals surface area contributed by atoms with E-state index in [9.17, 15) is 0 Å². The lowest BCUT2D eigenvalue weighted by Crippen LogP contribution is -2.15. The molecule has 1 aromatic carbocycles. The Morgan fingerprint density at radius 2 is 2.09 bits per heavy atom. The molecule has 0 fully saturated rings. The fraction of sp³-hybridized carbons (Fsp3) is 0.250. The van der Waals surface area contributed by atoms with Crippen molar-refractivity contribution in [3.8, 4) is 0 Å². The van der Waals surface area contributed by atoms with Gasteiger partial charge in [0.05, 0.1) is 12.6 Å². The van der Waals surface area contributed by atoms with Crippen molar-refractivity contribution in [3.63, 3.8) is 0 Å². The molecular weight excluding hydrogens is 253 g/mol. The van der Waals surface area contributed by atoms with Gasteiger partial charge in [0.1, 0.15) is 0 Å². The molecule has 1 rings (SSSR count). The number of hydrogen-bond donors (Lipinski definition) is 2. The van der Waals surface area contributed by atoms with Gasteiger partial charge in [0, 0.05) is 3.57 Å². The maximum atomic E-state index is 8.78. The van der Waals surface area contributed by atoms with Gasteiger partial charge in [0.2, 0.25) is 0 Å². The van der Waals surface area contributed by atoms with Crippen molar-refractivity contribution in [2.45, 2.75) is 6.04 Å². The van der Waals surface area contributed by atoms with E-state index in [1.54, 1.807) is 0 Å². The zero-order valence-electron chi connectivity index (χ0n) is 6.00. The first-order chi connectivity index (χ1) is 5.25. The Kier molecular flexibility index (Phi) is 3.29. The van der Waals surface area contributed by atoms with E-state index in [0.717, 1.165) is 9.13 Å². The van der Waals surface area contributed by atoms with Gasteiger partial charge < -0.3 is 10.8 Å². The quantitative estimate of drug-likeness (QED) is 0.789. The van der Waals surface area contributed by atoms with Gasteiger partial charge in [-0.3, -0.25) is 0 Å². The second-order valence-electron chi connectivity index (χ2n) is 2.31. The maximum absolute atomic E-state index is 8.78. The second-order valence-corrected chi connectivity index (χ2v) is 3.47. The summed E-state index contributed by atoms with van der Waals surface area (Å²) < 4.78 is 1.10. The molecule has 60 valence electrons. The lowest BCUT2D eigenvalue weighted by molar-refractivity contribution is 0.267. The highest BCUT2D eigenvalue weighted by Crippen LogP contribution is 2.16. The van der Waals surface area contributed by atoms with Crippen molar-refractivity contribution in [3.05, 3.63) is 33.4 Å². The van der Waals surface area contributed by atoms with E-state index in [0.29, 0.717) is 0 Å². The molecule has 1 aromatic rings. The van der Waals surface area contributed by atoms with E-state index in [4.69, 9.17) is 10.8 Å². The van der Waals surface area contributed by atoms with Crippen LogP contribution in [0.4, 0.5) is 0 Å². The summed E-state index contributed by atoms with van der Waals surface area (Å²) in [5, 5.41) is 8.78. The van der Waals surface area contributed by atoms with Gasteiger partial charge in [-0.05, 0) is 34.2 Å². The Balaban J connectivity index is 2.93. The molecule has 11 heavy (non-hydrogen) atoms. The van der Waals surface area contributed by atoms with E-state index in [2.05, 4.69) is 22.6 Å². The normalized spacial score (nSPS) is 13.0. The lowest BCUT2D eigenvalue weighted by atomic mass is 10.1. The molecule has 0 radical (unpaired) electrons. The van der Waals surface area contributed by atoms with Gasteiger partial charge in [-0.2, -0.15) is 0 Å². The van der Waals surface area contributed by atoms with Crippen molar-refractivity contribution < 1.29 is 5.11 Å². The van der Waals surface area contributed by atoms with Crippen LogP contribution < -0.4 is 5.73 Å². The van der Waals surface area contributed by atoms with Crippen LogP contribution in [0.5, 0.6) is 0 Å². The number of hydrogen-bond acceptors (Lipinski definition) is 2. The predicted molar refractivity (Wildman–Crippen MR) is 53.2 cm³/mol. The Labute approximate surface area is 79.6 Å². The third kappa shape index (κ3) is 2.15. The molecule has 0 spiro atoms. The average molecular weight is 263 g/mol. The fourth-order valence-electron chi connectivity index (χ4n) is 0.874. The van der Waals surface area contributed by atoms with Gasteiger partial charge in [-0.25, -0.2) is 0 Å². The van der Waals surface area contributed by atoms with Gasteiger partial charge in [0.15, 0.2) is 0 Å². The summed E-state index contributed by atoms with van der Waals surface area (Å²) in [6.07, 6.45) is 0. The first-order valence-electron chi connectivity index (χ1n) is 3.36. The lowest BCUT2D eigenvalue weighted by Gasteiger charge is -2.09. The number of halogens is 1. The van der Waals surface area contributed by atoms with E-state index in [1.807, 2.05) is 24.3 Å². The molecule has 0 saturated carbocycles. The van der Waals surface area contributed by atoms with Gasteiger partial charge in [-0.1, -0.05) is 18.2 Å². The summed E-state index contributed by atoms with van der Waals surface area (Å²) in [5.74, 6) is 0. The molecule has 0 aliphatic carbocycles. The molecule has 0 heterocycles. The summed E-state index contributed by atoms with van der Waals surface area (Å²) in [6, 6.07) is 7.54. The predicted octanol–water partition coefficient (Wildman–Crippen LogP) is 1.28. The number of aliphatic hydroxyl groups excluding tert-OH is 1. The Hall–Kier alpha value is -0.130. The fourth-order valence-corrected chi connectivity index (χ4v) is 1.66. The average Bonchev–Trinajstić information content (AvgIpc) is 2.04. The monoisotopic (exact) mass is 263 g/mol. The van der Waals surface area contributed by atoms with Gasteiger partial charge >= 0.3 is 0 Å². The highest BCUT2D eigenvalue weighted by molar-refractivity contribution is 14.1. The summed E-state index contributed by atoms with van der Waals surface area (Å²) in [5.41, 5.74) is 6.65. The first-order valence-corrected chi connectivity index (χ1v) is 4.44. The molecule has 0 bridgehead atoms. The Bertz CT molecular complexity index is 239. The minimum absolute atomic E-state index is 0.0000148. The molecule has 0 aliphatic rings. The van der Waals surface area contributed by atoms with E-state index in [1.165, 1.54) is 0 Å². The zero-order chi connectivity index (χ0) is 8.27. The number of aliphatic hydroxyl groups is 1. The zero-order valence-corrected chi connectivity index (χ0v) is 8.15. The van der Waals surface area contributed by atoms with Gasteiger partial charge in [-0.15, -0.1) is 0 Å². The first kappa shape index (κ1) is 8.96. The highest BCUT2D eigenvalue weighted by atomic mass is 127. The number of nitrogens with two attached hydrogens (primary N) is 1. The Morgan fingerprint density at radius 1 is 1.45 bits per heavy atom. The topological polar surface area (TPSA) is 46.2 Å². The van der Waals surface area contributed by atoms with E-state index >= 15 is 0 Å². The van der Waals surface area contributed by atoms with Crippen LogP contribution in [0.1, 0.15) is 11.6 Å². The van der Waals surface area contributed by atoms with Crippen LogP contribution in [-0.2, 0) is 0 Å². The van der Waals surface area contributed by atoms with E-state index in [-0.39, 0.29) is 12.6 Å². The van der Waals surface area contributed by atoms with Crippen molar-refractivity contribution in [2.24, 2.45) is 5.73 Å². The number of rotatable bonds is 2. The molecule has 3 heteroatoms. The standard InChI is InChI=1S/C8H10INO/c9-7-4-2-1-3-6(7)8(10)5-11/h1-4,8,11H,5,10H2/t8-/m0/s1. The van der Waals surface area contributed by atoms with Crippen molar-refractivity contribution in [1.29, 1.82) is 0 Å². The van der Waals surface area contributed by atoms with Crippen LogP contribution in [0.3, 0.4) is 0 Å². The summed E-state index contributed by atoms with van der Waals surface area (Å²) >= 11 is 2.21. The minimum atomic E-state index is -0.247. The third-order valence-electron chi connectivity index (χ3n) is 1.50. The smallest absolute Gasteiger partial charge is 0.0624 e. The van der Waals surface area contributed by atoms with Crippen molar-refractivity contribution in [2.75, 3.05) is 6.61 Å². The third-order valence-corrected chi connectivity index (χ3v) is 2.48. The molecule has 2 nitrogen and oxygen atoms in total. The van der Waals surface area contributed by atoms with Crippen LogP contribution in [0.25, 0.3) is 0 Å². The van der Waals surface area contributed by atoms with E-state index < -0.39 is 0 Å². The van der Waals surface area contributed by atoms with Crippen LogP contribution in [0.15, 0.2) is 24.3 Å². The molecule has 3 N–H and O–H groups in total. The van der Waals surface area contributed by atoms with Crippen LogP contribution in [-0.4, -0.2) is 11.7 Å². The summed E-state index contributed by atoms with van der Waals surface area (Å²) in [7, 11) is 0. The summed E-state index contributed by atoms with van der Waals surface area (Å²) in [6.45, 7) is 0.0000148. The molecule has 0 aliphatic heterocycles. The molecule has 0 unspecified atom stereocenters. The molecule has 0 aromatic heterocycles. The number of benzene rings is 1. The summed E-state index contributed by atoms with van der Waals surface area (Å²) in [4.78, 5) is 0. The van der Waals surface area contributed by atoms with Crippen molar-refractivity contribution in [1.82, 2.24) is 0 Å². The van der Waals surface area contributed by atoms with Gasteiger partial charge in [0.25, 0.3) is 0 Å². The molecule has 0 saturated heterocycles. The maximum Gasteiger partial charge on any atom is 0.0624 e. The van der Waals surface area contributed by atoms with Crippen LogP contribution >= 0.6 is 22.6 Å². The van der Waals surface area contributed by atoms with Crippen LogP contribution in [0, 0.1) is 3.57 Å². The highest BCUT2D eigenvalue weighted by Gasteiger charge is 2.06. The SMILES string of the molecule is N[C@@H](CO)c1ccccc1I. The largest absolute Gasteiger partial charge is 0.394 e. The minimum Gasteiger partial charge on any atom is -0.394 e. The Morgan fingerprint density at radius 3 is 2.64 bits per heavy atom. The van der Waals surface area contributed by atoms with Crippen LogP contribution in [0.2, 0.25) is 0 Å². The molecule has 1 atom stereocenters. The molecule has 0 amide bonds. The van der Waals surface area contributed by atoms with Crippen molar-refractivity contribution >= 4 is 22.6 Å².